The molecule has 0 radical (unpaired) electrons. The van der Waals surface area contributed by atoms with Crippen molar-refractivity contribution in [3.63, 3.8) is 0 Å². The molecule has 4 aromatic rings. The van der Waals surface area contributed by atoms with E-state index in [-0.39, 0.29) is 12.8 Å². The van der Waals surface area contributed by atoms with Crippen LogP contribution in [0.2, 0.25) is 0 Å². The molecule has 1 atom stereocenters. The highest BCUT2D eigenvalue weighted by Crippen LogP contribution is 2.49. The van der Waals surface area contributed by atoms with Gasteiger partial charge in [0, 0.05) is 54.0 Å². The maximum atomic E-state index is 13.1. The fourth-order valence-corrected chi connectivity index (χ4v) is 4.48. The normalized spacial score (nSPS) is 18.1. The van der Waals surface area contributed by atoms with Crippen LogP contribution in [-0.4, -0.2) is 35.8 Å². The van der Waals surface area contributed by atoms with Crippen molar-refractivity contribution in [3.8, 4) is 11.3 Å². The maximum Gasteiger partial charge on any atom is 0.248 e. The van der Waals surface area contributed by atoms with Crippen LogP contribution in [0.15, 0.2) is 30.7 Å². The second-order valence-corrected chi connectivity index (χ2v) is 8.07. The number of hydrogen-bond acceptors (Lipinski definition) is 6. The summed E-state index contributed by atoms with van der Waals surface area (Å²) in [6.07, 6.45) is 3.79. The Bertz CT molecular complexity index is 1160. The van der Waals surface area contributed by atoms with E-state index in [0.717, 1.165) is 10.9 Å². The van der Waals surface area contributed by atoms with E-state index in [4.69, 9.17) is 0 Å². The molecule has 1 fully saturated rings. The summed E-state index contributed by atoms with van der Waals surface area (Å²) in [6, 6.07) is 3.69. The van der Waals surface area contributed by atoms with E-state index in [9.17, 15) is 13.9 Å². The van der Waals surface area contributed by atoms with Gasteiger partial charge in [-0.05, 0) is 12.1 Å². The molecule has 1 aliphatic carbocycles. The van der Waals surface area contributed by atoms with Gasteiger partial charge in [0.1, 0.15) is 10.3 Å². The van der Waals surface area contributed by atoms with Gasteiger partial charge in [0.15, 0.2) is 5.65 Å². The minimum absolute atomic E-state index is 0.273. The lowest BCUT2D eigenvalue weighted by atomic mass is 9.77. The van der Waals surface area contributed by atoms with Crippen LogP contribution in [0, 0.1) is 5.92 Å². The van der Waals surface area contributed by atoms with Crippen molar-refractivity contribution >= 4 is 32.7 Å². The number of aliphatic hydroxyl groups is 1. The molecule has 0 aromatic carbocycles. The van der Waals surface area contributed by atoms with Crippen LogP contribution in [0.4, 0.5) is 8.78 Å². The topological polar surface area (TPSA) is 76.7 Å². The molecule has 4 heterocycles. The Balaban J connectivity index is 1.47. The molecule has 1 aliphatic rings. The number of aliphatic hydroxyl groups excluding tert-OH is 1. The van der Waals surface area contributed by atoms with E-state index in [1.807, 2.05) is 19.3 Å². The zero-order chi connectivity index (χ0) is 18.8. The molecule has 0 aliphatic heterocycles. The number of rotatable bonds is 3. The van der Waals surface area contributed by atoms with Gasteiger partial charge in [0.25, 0.3) is 0 Å². The molecule has 1 N–H and O–H groups in total. The Morgan fingerprint density at radius 1 is 1.26 bits per heavy atom. The summed E-state index contributed by atoms with van der Waals surface area (Å²) in [4.78, 5) is 14.7. The van der Waals surface area contributed by atoms with E-state index < -0.39 is 17.9 Å². The van der Waals surface area contributed by atoms with Gasteiger partial charge in [0.2, 0.25) is 5.92 Å². The predicted molar refractivity (Wildman–Crippen MR) is 97.5 cm³/mol. The van der Waals surface area contributed by atoms with E-state index in [1.165, 1.54) is 11.3 Å². The lowest BCUT2D eigenvalue weighted by molar-refractivity contribution is -0.141. The standard InChI is InChI=1S/C18H15F2N5OS/c1-25-8-10-2-9(6-21-16(10)24-25)13-7-22-17-12(23-13)3-14(27-17)15(26)11-4-18(19,20)5-11/h2-3,6-8,11,15,26H,4-5H2,1H3/t15-/m0/s1. The molecule has 0 spiro atoms. The van der Waals surface area contributed by atoms with Gasteiger partial charge in [-0.1, -0.05) is 0 Å². The zero-order valence-electron chi connectivity index (χ0n) is 14.3. The van der Waals surface area contributed by atoms with Crippen LogP contribution < -0.4 is 0 Å². The van der Waals surface area contributed by atoms with Crippen molar-refractivity contribution in [2.24, 2.45) is 13.0 Å². The number of thiophene rings is 1. The molecule has 0 amide bonds. The number of aromatic nitrogens is 5. The number of pyridine rings is 1. The number of aryl methyl sites for hydroxylation is 1. The van der Waals surface area contributed by atoms with Crippen LogP contribution in [0.1, 0.15) is 23.8 Å². The number of halogens is 2. The second-order valence-electron chi connectivity index (χ2n) is 7.00. The van der Waals surface area contributed by atoms with Gasteiger partial charge >= 0.3 is 0 Å². The average molecular weight is 387 g/mol. The summed E-state index contributed by atoms with van der Waals surface area (Å²) in [5.41, 5.74) is 2.78. The van der Waals surface area contributed by atoms with Crippen molar-refractivity contribution < 1.29 is 13.9 Å². The molecule has 0 bridgehead atoms. The van der Waals surface area contributed by atoms with Crippen molar-refractivity contribution in [3.05, 3.63) is 35.6 Å². The first-order valence-electron chi connectivity index (χ1n) is 8.50. The summed E-state index contributed by atoms with van der Waals surface area (Å²) >= 11 is 1.30. The first kappa shape index (κ1) is 16.6. The van der Waals surface area contributed by atoms with Crippen molar-refractivity contribution in [2.45, 2.75) is 24.9 Å². The van der Waals surface area contributed by atoms with Crippen LogP contribution in [-0.2, 0) is 7.05 Å². The van der Waals surface area contributed by atoms with Crippen molar-refractivity contribution in [2.75, 3.05) is 0 Å². The average Bonchev–Trinajstić information content (AvgIpc) is 3.19. The summed E-state index contributed by atoms with van der Waals surface area (Å²) in [5.74, 6) is -3.06. The predicted octanol–water partition coefficient (Wildman–Crippen LogP) is 3.72. The highest BCUT2D eigenvalue weighted by Gasteiger charge is 2.48. The third-order valence-electron chi connectivity index (χ3n) is 4.89. The molecule has 5 rings (SSSR count). The van der Waals surface area contributed by atoms with Crippen LogP contribution in [0.25, 0.3) is 32.6 Å². The maximum absolute atomic E-state index is 13.1. The second kappa shape index (κ2) is 5.74. The molecule has 27 heavy (non-hydrogen) atoms. The van der Waals surface area contributed by atoms with Crippen LogP contribution in [0.5, 0.6) is 0 Å². The van der Waals surface area contributed by atoms with Gasteiger partial charge in [-0.2, -0.15) is 5.10 Å². The Kier molecular flexibility index (Phi) is 3.54. The zero-order valence-corrected chi connectivity index (χ0v) is 15.1. The Labute approximate surface area is 156 Å². The summed E-state index contributed by atoms with van der Waals surface area (Å²) in [5, 5.41) is 15.5. The third-order valence-corrected chi connectivity index (χ3v) is 5.99. The van der Waals surface area contributed by atoms with Gasteiger partial charge in [-0.3, -0.25) is 4.68 Å². The minimum atomic E-state index is -2.65. The highest BCUT2D eigenvalue weighted by atomic mass is 32.1. The number of nitrogens with zero attached hydrogens (tertiary/aromatic N) is 5. The molecule has 6 nitrogen and oxygen atoms in total. The molecule has 1 saturated carbocycles. The summed E-state index contributed by atoms with van der Waals surface area (Å²) in [7, 11) is 1.84. The first-order valence-corrected chi connectivity index (χ1v) is 9.32. The highest BCUT2D eigenvalue weighted by molar-refractivity contribution is 7.18. The van der Waals surface area contributed by atoms with Crippen molar-refractivity contribution in [1.29, 1.82) is 0 Å². The van der Waals surface area contributed by atoms with Gasteiger partial charge in [0.05, 0.1) is 18.0 Å². The minimum Gasteiger partial charge on any atom is -0.387 e. The molecular weight excluding hydrogens is 372 g/mol. The lowest BCUT2D eigenvalue weighted by Crippen LogP contribution is -2.38. The Morgan fingerprint density at radius 3 is 2.85 bits per heavy atom. The number of fused-ring (bicyclic) bond motifs is 2. The molecule has 9 heteroatoms. The van der Waals surface area contributed by atoms with Gasteiger partial charge in [-0.15, -0.1) is 11.3 Å². The quantitative estimate of drug-likeness (QED) is 0.580. The number of alkyl halides is 2. The van der Waals surface area contributed by atoms with E-state index in [0.29, 0.717) is 26.6 Å². The van der Waals surface area contributed by atoms with E-state index in [2.05, 4.69) is 20.1 Å². The monoisotopic (exact) mass is 387 g/mol. The fraction of sp³-hybridized carbons (Fsp3) is 0.333. The lowest BCUT2D eigenvalue weighted by Gasteiger charge is -2.37. The fourth-order valence-electron chi connectivity index (χ4n) is 3.46. The SMILES string of the molecule is Cn1cc2cc(-c3cnc4sc([C@@H](O)C5CC(F)(F)C5)cc4n3)cnc2n1. The summed E-state index contributed by atoms with van der Waals surface area (Å²) in [6.45, 7) is 0. The third kappa shape index (κ3) is 2.87. The van der Waals surface area contributed by atoms with Crippen LogP contribution in [0.3, 0.4) is 0 Å². The number of hydrogen-bond donors (Lipinski definition) is 1. The van der Waals surface area contributed by atoms with Crippen LogP contribution >= 0.6 is 11.3 Å². The molecule has 4 aromatic heterocycles. The van der Waals surface area contributed by atoms with E-state index >= 15 is 0 Å². The molecular formula is C18H15F2N5OS. The molecule has 0 saturated heterocycles. The molecule has 138 valence electrons. The smallest absolute Gasteiger partial charge is 0.248 e. The first-order chi connectivity index (χ1) is 12.9. The van der Waals surface area contributed by atoms with Crippen molar-refractivity contribution in [1.82, 2.24) is 24.7 Å². The Morgan fingerprint density at radius 2 is 2.07 bits per heavy atom. The Hall–Kier alpha value is -2.52. The van der Waals surface area contributed by atoms with Gasteiger partial charge < -0.3 is 5.11 Å². The summed E-state index contributed by atoms with van der Waals surface area (Å²) < 4.78 is 27.9. The van der Waals surface area contributed by atoms with E-state index in [1.54, 1.807) is 23.1 Å². The largest absolute Gasteiger partial charge is 0.387 e. The van der Waals surface area contributed by atoms with Gasteiger partial charge in [-0.25, -0.2) is 23.7 Å². The molecule has 0 unspecified atom stereocenters.